The summed E-state index contributed by atoms with van der Waals surface area (Å²) in [6.07, 6.45) is 8.25. The van der Waals surface area contributed by atoms with E-state index in [9.17, 15) is 5.26 Å². The van der Waals surface area contributed by atoms with E-state index < -0.39 is 5.41 Å². The van der Waals surface area contributed by atoms with Gasteiger partial charge in [0.15, 0.2) is 10.7 Å². The van der Waals surface area contributed by atoms with Crippen LogP contribution in [-0.4, -0.2) is 63.2 Å². The Kier molecular flexibility index (Phi) is 4.73. The number of nitrogens with zero attached hydrogens (tertiary/aromatic N) is 7. The normalized spacial score (nSPS) is 21.6. The van der Waals surface area contributed by atoms with Crippen LogP contribution < -0.4 is 9.62 Å². The third kappa shape index (κ3) is 3.57. The molecule has 32 heavy (non-hydrogen) atoms. The Labute approximate surface area is 195 Å². The van der Waals surface area contributed by atoms with Crippen LogP contribution in [0.1, 0.15) is 37.6 Å². The average Bonchev–Trinajstić information content (AvgIpc) is 3.65. The number of fused-ring (bicyclic) bond motifs is 1. The first-order valence-electron chi connectivity index (χ1n) is 11.1. The van der Waals surface area contributed by atoms with Crippen molar-refractivity contribution in [2.75, 3.05) is 38.1 Å². The van der Waals surface area contributed by atoms with E-state index in [-0.39, 0.29) is 5.54 Å². The minimum absolute atomic E-state index is 0.245. The minimum Gasteiger partial charge on any atom is -0.366 e. The van der Waals surface area contributed by atoms with E-state index in [2.05, 4.69) is 61.4 Å². The molecule has 3 aromatic rings. The van der Waals surface area contributed by atoms with Gasteiger partial charge in [-0.25, -0.2) is 4.98 Å². The van der Waals surface area contributed by atoms with E-state index in [4.69, 9.17) is 4.98 Å². The fourth-order valence-electron chi connectivity index (χ4n) is 4.03. The van der Waals surface area contributed by atoms with Crippen molar-refractivity contribution < 1.29 is 0 Å². The van der Waals surface area contributed by atoms with Crippen molar-refractivity contribution in [3.05, 3.63) is 23.5 Å². The van der Waals surface area contributed by atoms with Gasteiger partial charge in [0.05, 0.1) is 18.0 Å². The number of hydrogen-bond donors (Lipinski definition) is 1. The van der Waals surface area contributed by atoms with Crippen molar-refractivity contribution in [3.63, 3.8) is 0 Å². The standard InChI is InChI=1S/C22H26N8S2/c1-21(3-4-21)27-32-15-11-16(29-9-7-28(2)8-10-29)18-24-12-17(30(18)13-15)19-25-26-20(31-19)22(14-23)5-6-22/h11-13,27H,3-10H2,1-2H3. The third-order valence-corrected chi connectivity index (χ3v) is 9.04. The second kappa shape index (κ2) is 7.42. The van der Waals surface area contributed by atoms with E-state index in [0.717, 1.165) is 66.1 Å². The van der Waals surface area contributed by atoms with Gasteiger partial charge in [-0.15, -0.1) is 10.2 Å². The molecule has 0 spiro atoms. The fraction of sp³-hybridized carbons (Fsp3) is 0.545. The molecule has 2 saturated carbocycles. The summed E-state index contributed by atoms with van der Waals surface area (Å²) < 4.78 is 5.79. The van der Waals surface area contributed by atoms with Crippen molar-refractivity contribution in [3.8, 4) is 16.8 Å². The fourth-order valence-corrected chi connectivity index (χ4v) is 5.97. The molecule has 8 nitrogen and oxygen atoms in total. The molecule has 1 aliphatic heterocycles. The molecule has 10 heteroatoms. The second-order valence-electron chi connectivity index (χ2n) is 9.56. The predicted molar refractivity (Wildman–Crippen MR) is 127 cm³/mol. The number of hydrogen-bond acceptors (Lipinski definition) is 9. The van der Waals surface area contributed by atoms with Crippen LogP contribution in [0.2, 0.25) is 0 Å². The van der Waals surface area contributed by atoms with Crippen molar-refractivity contribution in [1.82, 2.24) is 29.2 Å². The number of pyridine rings is 1. The Hall–Kier alpha value is -2.19. The highest BCUT2D eigenvalue weighted by Gasteiger charge is 2.48. The van der Waals surface area contributed by atoms with Crippen molar-refractivity contribution in [2.24, 2.45) is 0 Å². The van der Waals surface area contributed by atoms with Gasteiger partial charge in [-0.3, -0.25) is 9.12 Å². The summed E-state index contributed by atoms with van der Waals surface area (Å²) in [7, 11) is 2.17. The molecule has 0 aromatic carbocycles. The van der Waals surface area contributed by atoms with E-state index >= 15 is 0 Å². The summed E-state index contributed by atoms with van der Waals surface area (Å²) >= 11 is 3.23. The van der Waals surface area contributed by atoms with Gasteiger partial charge in [0.25, 0.3) is 0 Å². The SMILES string of the molecule is CN1CCN(c2cc(SNC3(C)CC3)cn3c(-c4nnc(C5(C#N)CC5)s4)cnc23)CC1. The maximum absolute atomic E-state index is 9.54. The van der Waals surface area contributed by atoms with Crippen LogP contribution in [0.25, 0.3) is 16.3 Å². The van der Waals surface area contributed by atoms with Crippen LogP contribution in [-0.2, 0) is 5.41 Å². The highest BCUT2D eigenvalue weighted by molar-refractivity contribution is 7.97. The first kappa shape index (κ1) is 20.4. The molecule has 0 atom stereocenters. The Bertz CT molecular complexity index is 1210. The molecule has 166 valence electrons. The number of nitriles is 1. The molecule has 0 unspecified atom stereocenters. The van der Waals surface area contributed by atoms with Gasteiger partial charge >= 0.3 is 0 Å². The van der Waals surface area contributed by atoms with E-state index in [1.54, 1.807) is 11.9 Å². The number of rotatable bonds is 6. The molecular weight excluding hydrogens is 440 g/mol. The molecule has 6 rings (SSSR count). The summed E-state index contributed by atoms with van der Waals surface area (Å²) in [5, 5.41) is 20.0. The topological polar surface area (TPSA) is 85.4 Å². The number of aromatic nitrogens is 4. The lowest BCUT2D eigenvalue weighted by Crippen LogP contribution is -2.44. The lowest BCUT2D eigenvalue weighted by Gasteiger charge is -2.34. The van der Waals surface area contributed by atoms with Crippen LogP contribution in [0.4, 0.5) is 5.69 Å². The maximum atomic E-state index is 9.54. The molecule has 0 bridgehead atoms. The zero-order valence-corrected chi connectivity index (χ0v) is 20.0. The first-order chi connectivity index (χ1) is 15.5. The monoisotopic (exact) mass is 466 g/mol. The maximum Gasteiger partial charge on any atom is 0.166 e. The molecule has 2 aliphatic carbocycles. The quantitative estimate of drug-likeness (QED) is 0.554. The van der Waals surface area contributed by atoms with Crippen LogP contribution in [0.3, 0.4) is 0 Å². The van der Waals surface area contributed by atoms with Gasteiger partial charge in [0.1, 0.15) is 16.1 Å². The molecule has 4 heterocycles. The van der Waals surface area contributed by atoms with Crippen LogP contribution in [0.5, 0.6) is 0 Å². The summed E-state index contributed by atoms with van der Waals surface area (Å²) in [6.45, 7) is 6.34. The summed E-state index contributed by atoms with van der Waals surface area (Å²) in [4.78, 5) is 10.8. The largest absolute Gasteiger partial charge is 0.366 e. The summed E-state index contributed by atoms with van der Waals surface area (Å²) in [5.41, 5.74) is 2.89. The lowest BCUT2D eigenvalue weighted by molar-refractivity contribution is 0.313. The van der Waals surface area contributed by atoms with Crippen molar-refractivity contribution in [2.45, 2.75) is 48.5 Å². The van der Waals surface area contributed by atoms with Gasteiger partial charge in [-0.1, -0.05) is 11.3 Å². The van der Waals surface area contributed by atoms with E-state index in [0.29, 0.717) is 0 Å². The smallest absolute Gasteiger partial charge is 0.166 e. The highest BCUT2D eigenvalue weighted by atomic mass is 32.2. The first-order valence-corrected chi connectivity index (χ1v) is 12.8. The molecule has 0 amide bonds. The Morgan fingerprint density at radius 2 is 1.94 bits per heavy atom. The number of nitrogens with one attached hydrogen (secondary N) is 1. The Balaban J connectivity index is 1.40. The zero-order valence-electron chi connectivity index (χ0n) is 18.3. The van der Waals surface area contributed by atoms with Crippen LogP contribution in [0.15, 0.2) is 23.4 Å². The molecule has 1 N–H and O–H groups in total. The molecule has 3 aromatic heterocycles. The van der Waals surface area contributed by atoms with Crippen LogP contribution in [0, 0.1) is 11.3 Å². The van der Waals surface area contributed by atoms with Crippen molar-refractivity contribution in [1.29, 1.82) is 5.26 Å². The molecule has 0 radical (unpaired) electrons. The van der Waals surface area contributed by atoms with Gasteiger partial charge < -0.3 is 9.80 Å². The second-order valence-corrected chi connectivity index (χ2v) is 11.4. The summed E-state index contributed by atoms with van der Waals surface area (Å²) in [6, 6.07) is 4.69. The molecule has 3 fully saturated rings. The third-order valence-electron chi connectivity index (χ3n) is 6.84. The molecule has 3 aliphatic rings. The van der Waals surface area contributed by atoms with E-state index in [1.165, 1.54) is 29.1 Å². The van der Waals surface area contributed by atoms with Crippen LogP contribution >= 0.6 is 23.3 Å². The minimum atomic E-state index is -0.411. The summed E-state index contributed by atoms with van der Waals surface area (Å²) in [5.74, 6) is 0. The number of piperazine rings is 1. The Morgan fingerprint density at radius 3 is 2.62 bits per heavy atom. The Morgan fingerprint density at radius 1 is 1.16 bits per heavy atom. The number of likely N-dealkylation sites (N-methyl/N-ethyl adjacent to an activating group) is 1. The number of anilines is 1. The predicted octanol–water partition coefficient (Wildman–Crippen LogP) is 3.31. The highest BCUT2D eigenvalue weighted by Crippen LogP contribution is 2.49. The van der Waals surface area contributed by atoms with Gasteiger partial charge in [-0.2, -0.15) is 5.26 Å². The lowest BCUT2D eigenvalue weighted by atomic mass is 10.1. The molecular formula is C22H26N8S2. The zero-order chi connectivity index (χ0) is 21.9. The van der Waals surface area contributed by atoms with E-state index in [1.807, 2.05) is 6.20 Å². The average molecular weight is 467 g/mol. The van der Waals surface area contributed by atoms with Gasteiger partial charge in [0, 0.05) is 42.8 Å². The number of imidazole rings is 1. The van der Waals surface area contributed by atoms with Gasteiger partial charge in [0.2, 0.25) is 0 Å². The van der Waals surface area contributed by atoms with Crippen molar-refractivity contribution >= 4 is 34.6 Å². The molecule has 1 saturated heterocycles. The van der Waals surface area contributed by atoms with Gasteiger partial charge in [-0.05, 0) is 57.7 Å².